The van der Waals surface area contributed by atoms with Crippen LogP contribution in [0.4, 0.5) is 0 Å². The van der Waals surface area contributed by atoms with Crippen LogP contribution in [0.5, 0.6) is 0 Å². The maximum absolute atomic E-state index is 12.3. The fraction of sp³-hybridized carbons (Fsp3) is 0.273. The van der Waals surface area contributed by atoms with E-state index in [1.807, 2.05) is 19.9 Å². The number of halogens is 1. The summed E-state index contributed by atoms with van der Waals surface area (Å²) in [6, 6.07) is 11.5. The van der Waals surface area contributed by atoms with Crippen molar-refractivity contribution in [3.63, 3.8) is 0 Å². The van der Waals surface area contributed by atoms with Gasteiger partial charge in [-0.3, -0.25) is 29.6 Å². The molecule has 1 atom stereocenters. The van der Waals surface area contributed by atoms with Crippen LogP contribution in [0.25, 0.3) is 0 Å². The second kappa shape index (κ2) is 9.09. The predicted octanol–water partition coefficient (Wildman–Crippen LogP) is 2.88. The van der Waals surface area contributed by atoms with Crippen LogP contribution < -0.4 is 5.43 Å². The van der Waals surface area contributed by atoms with E-state index in [0.717, 1.165) is 16.1 Å². The molecule has 1 aliphatic heterocycles. The van der Waals surface area contributed by atoms with E-state index in [1.165, 1.54) is 12.1 Å². The van der Waals surface area contributed by atoms with Crippen LogP contribution in [0.3, 0.4) is 0 Å². The van der Waals surface area contributed by atoms with Crippen LogP contribution in [-0.4, -0.2) is 41.7 Å². The van der Waals surface area contributed by atoms with Gasteiger partial charge in [-0.15, -0.1) is 0 Å². The Morgan fingerprint density at radius 3 is 2.40 bits per heavy atom. The molecular weight excluding hydrogens is 408 g/mol. The Balaban J connectivity index is 1.53. The largest absolute Gasteiger partial charge is 0.457 e. The van der Waals surface area contributed by atoms with E-state index in [0.29, 0.717) is 16.1 Å². The summed E-state index contributed by atoms with van der Waals surface area (Å²) in [6.07, 6.45) is -0.0996. The third-order valence-corrected chi connectivity index (χ3v) is 5.23. The topological polar surface area (TPSA) is 92.8 Å². The number of benzene rings is 2. The van der Waals surface area contributed by atoms with Crippen LogP contribution in [0.15, 0.2) is 42.5 Å². The van der Waals surface area contributed by atoms with Crippen molar-refractivity contribution < 1.29 is 23.9 Å². The molecule has 2 aromatic carbocycles. The number of Topliss-reactive ketones (excluding diaryl/α,β-unsaturated/α-hetero) is 1. The van der Waals surface area contributed by atoms with Crippen molar-refractivity contribution in [3.05, 3.63) is 69.7 Å². The first-order valence-corrected chi connectivity index (χ1v) is 9.76. The summed E-state index contributed by atoms with van der Waals surface area (Å²) >= 11 is 5.80. The lowest BCUT2D eigenvalue weighted by Crippen LogP contribution is -2.43. The molecule has 0 aromatic heterocycles. The maximum atomic E-state index is 12.3. The van der Waals surface area contributed by atoms with Gasteiger partial charge in [-0.1, -0.05) is 23.7 Å². The van der Waals surface area contributed by atoms with Crippen molar-refractivity contribution in [1.29, 1.82) is 0 Å². The van der Waals surface area contributed by atoms with Gasteiger partial charge in [0, 0.05) is 22.6 Å². The predicted molar refractivity (Wildman–Crippen MR) is 110 cm³/mol. The normalized spacial score (nSPS) is 15.8. The van der Waals surface area contributed by atoms with Crippen LogP contribution in [0, 0.1) is 19.8 Å². The molecule has 2 aromatic rings. The Bertz CT molecular complexity index is 1000. The molecule has 7 nitrogen and oxygen atoms in total. The van der Waals surface area contributed by atoms with E-state index in [9.17, 15) is 19.2 Å². The average molecular weight is 429 g/mol. The number of esters is 1. The molecule has 0 saturated carbocycles. The zero-order chi connectivity index (χ0) is 21.8. The van der Waals surface area contributed by atoms with Crippen LogP contribution >= 0.6 is 11.6 Å². The molecule has 1 fully saturated rings. The van der Waals surface area contributed by atoms with Gasteiger partial charge in [0.15, 0.2) is 12.4 Å². The summed E-state index contributed by atoms with van der Waals surface area (Å²) in [4.78, 5) is 49.0. The third kappa shape index (κ3) is 5.04. The highest BCUT2D eigenvalue weighted by atomic mass is 35.5. The average Bonchev–Trinajstić information content (AvgIpc) is 3.08. The summed E-state index contributed by atoms with van der Waals surface area (Å²) in [5.74, 6) is -2.61. The number of hydrogen-bond acceptors (Lipinski definition) is 5. The standard InChI is InChI=1S/C22H21ClN2O5/c1-13-3-4-16(9-14(13)2)19(26)12-30-22(29)17-10-20(27)25(11-17)24-21(28)15-5-7-18(23)8-6-15/h3-9,17H,10-12H2,1-2H3,(H,24,28). The van der Waals surface area contributed by atoms with Crippen LogP contribution in [0.2, 0.25) is 5.02 Å². The number of hydrogen-bond donors (Lipinski definition) is 1. The highest BCUT2D eigenvalue weighted by Crippen LogP contribution is 2.19. The Morgan fingerprint density at radius 2 is 1.73 bits per heavy atom. The number of aryl methyl sites for hydroxylation is 2. The molecule has 8 heteroatoms. The van der Waals surface area contributed by atoms with Gasteiger partial charge in [0.25, 0.3) is 5.91 Å². The number of carbonyl (C=O) groups excluding carboxylic acids is 4. The zero-order valence-electron chi connectivity index (χ0n) is 16.6. The Labute approximate surface area is 178 Å². The highest BCUT2D eigenvalue weighted by Gasteiger charge is 2.36. The smallest absolute Gasteiger partial charge is 0.311 e. The second-order valence-corrected chi connectivity index (χ2v) is 7.62. The molecular formula is C22H21ClN2O5. The Hall–Kier alpha value is -3.19. The molecule has 0 spiro atoms. The monoisotopic (exact) mass is 428 g/mol. The Kier molecular flexibility index (Phi) is 6.52. The number of nitrogens with zero attached hydrogens (tertiary/aromatic N) is 1. The summed E-state index contributed by atoms with van der Waals surface area (Å²) in [5, 5.41) is 1.58. The summed E-state index contributed by atoms with van der Waals surface area (Å²) < 4.78 is 5.12. The van der Waals surface area contributed by atoms with Gasteiger partial charge in [0.05, 0.1) is 12.5 Å². The lowest BCUT2D eigenvalue weighted by molar-refractivity contribution is -0.147. The van der Waals surface area contributed by atoms with Crippen molar-refractivity contribution in [3.8, 4) is 0 Å². The van der Waals surface area contributed by atoms with Crippen molar-refractivity contribution in [2.24, 2.45) is 5.92 Å². The number of hydrazine groups is 1. The van der Waals surface area contributed by atoms with Gasteiger partial charge in [-0.2, -0.15) is 0 Å². The van der Waals surface area contributed by atoms with Gasteiger partial charge in [-0.05, 0) is 55.3 Å². The summed E-state index contributed by atoms with van der Waals surface area (Å²) in [5.41, 5.74) is 5.31. The minimum atomic E-state index is -0.754. The van der Waals surface area contributed by atoms with E-state index >= 15 is 0 Å². The van der Waals surface area contributed by atoms with Crippen molar-refractivity contribution >= 4 is 35.2 Å². The molecule has 1 unspecified atom stereocenters. The number of amides is 2. The molecule has 1 N–H and O–H groups in total. The van der Waals surface area contributed by atoms with E-state index in [1.54, 1.807) is 24.3 Å². The van der Waals surface area contributed by atoms with Crippen LogP contribution in [-0.2, 0) is 14.3 Å². The summed E-state index contributed by atoms with van der Waals surface area (Å²) in [7, 11) is 0. The first-order chi connectivity index (χ1) is 14.2. The van der Waals surface area contributed by atoms with Gasteiger partial charge in [0.1, 0.15) is 0 Å². The Morgan fingerprint density at radius 1 is 1.07 bits per heavy atom. The molecule has 1 heterocycles. The number of ketones is 1. The van der Waals surface area contributed by atoms with Gasteiger partial charge in [0.2, 0.25) is 5.91 Å². The van der Waals surface area contributed by atoms with E-state index < -0.39 is 30.3 Å². The lowest BCUT2D eigenvalue weighted by Gasteiger charge is -2.17. The number of carbonyl (C=O) groups is 4. The number of ether oxygens (including phenoxy) is 1. The molecule has 2 amide bonds. The molecule has 1 saturated heterocycles. The van der Waals surface area contributed by atoms with E-state index in [-0.39, 0.29) is 18.7 Å². The molecule has 30 heavy (non-hydrogen) atoms. The first-order valence-electron chi connectivity index (χ1n) is 9.38. The minimum Gasteiger partial charge on any atom is -0.457 e. The molecule has 0 bridgehead atoms. The minimum absolute atomic E-state index is 0.0190. The number of rotatable bonds is 6. The molecule has 0 aliphatic carbocycles. The molecule has 1 aliphatic rings. The maximum Gasteiger partial charge on any atom is 0.311 e. The third-order valence-electron chi connectivity index (χ3n) is 4.98. The first kappa shape index (κ1) is 21.5. The van der Waals surface area contributed by atoms with Crippen molar-refractivity contribution in [2.75, 3.05) is 13.2 Å². The fourth-order valence-corrected chi connectivity index (χ4v) is 3.14. The molecule has 3 rings (SSSR count). The highest BCUT2D eigenvalue weighted by molar-refractivity contribution is 6.30. The van der Waals surface area contributed by atoms with Gasteiger partial charge in [-0.25, -0.2) is 0 Å². The quantitative estimate of drug-likeness (QED) is 0.564. The zero-order valence-corrected chi connectivity index (χ0v) is 17.4. The van der Waals surface area contributed by atoms with E-state index in [4.69, 9.17) is 16.3 Å². The number of nitrogens with one attached hydrogen (secondary N) is 1. The van der Waals surface area contributed by atoms with Gasteiger partial charge >= 0.3 is 5.97 Å². The lowest BCUT2D eigenvalue weighted by atomic mass is 10.0. The molecule has 0 radical (unpaired) electrons. The second-order valence-electron chi connectivity index (χ2n) is 7.18. The van der Waals surface area contributed by atoms with Crippen molar-refractivity contribution in [1.82, 2.24) is 10.4 Å². The van der Waals surface area contributed by atoms with Crippen LogP contribution in [0.1, 0.15) is 38.3 Å². The molecule has 156 valence electrons. The summed E-state index contributed by atoms with van der Waals surface area (Å²) in [6.45, 7) is 3.42. The van der Waals surface area contributed by atoms with E-state index in [2.05, 4.69) is 5.43 Å². The van der Waals surface area contributed by atoms with Crippen molar-refractivity contribution in [2.45, 2.75) is 20.3 Å². The SMILES string of the molecule is Cc1ccc(C(=O)COC(=O)C2CC(=O)N(NC(=O)c3ccc(Cl)cc3)C2)cc1C. The fourth-order valence-electron chi connectivity index (χ4n) is 3.01. The van der Waals surface area contributed by atoms with Gasteiger partial charge < -0.3 is 4.74 Å².